The van der Waals surface area contributed by atoms with Crippen LogP contribution in [0.4, 0.5) is 4.39 Å². The summed E-state index contributed by atoms with van der Waals surface area (Å²) < 4.78 is 13.9. The maximum Gasteiger partial charge on any atom is 0.141 e. The summed E-state index contributed by atoms with van der Waals surface area (Å²) in [6.45, 7) is 0. The maximum absolute atomic E-state index is 13.9. The molecule has 0 saturated heterocycles. The Kier molecular flexibility index (Phi) is 6.99. The van der Waals surface area contributed by atoms with Gasteiger partial charge < -0.3 is 0 Å². The van der Waals surface area contributed by atoms with Gasteiger partial charge in [0.25, 0.3) is 0 Å². The van der Waals surface area contributed by atoms with Crippen LogP contribution in [0.3, 0.4) is 0 Å². The zero-order chi connectivity index (χ0) is 23.3. The van der Waals surface area contributed by atoms with E-state index >= 15 is 0 Å². The zero-order valence-electron chi connectivity index (χ0n) is 19.7. The summed E-state index contributed by atoms with van der Waals surface area (Å²) in [7, 11) is 0. The van der Waals surface area contributed by atoms with Gasteiger partial charge >= 0.3 is 0 Å². The average molecular weight is 454 g/mol. The van der Waals surface area contributed by atoms with E-state index in [9.17, 15) is 9.18 Å². The summed E-state index contributed by atoms with van der Waals surface area (Å²) in [6.07, 6.45) is 17.2. The van der Waals surface area contributed by atoms with Gasteiger partial charge in [-0.3, -0.25) is 9.79 Å². The van der Waals surface area contributed by atoms with Gasteiger partial charge in [0.2, 0.25) is 0 Å². The predicted octanol–water partition coefficient (Wildman–Crippen LogP) is 7.46. The van der Waals surface area contributed by atoms with Gasteiger partial charge in [-0.2, -0.15) is 0 Å². The molecular weight excluding hydrogens is 421 g/mol. The van der Waals surface area contributed by atoms with E-state index in [0.717, 1.165) is 24.8 Å². The van der Waals surface area contributed by atoms with Crippen molar-refractivity contribution in [2.45, 2.75) is 63.7 Å². The van der Waals surface area contributed by atoms with Crippen LogP contribution < -0.4 is 0 Å². The Morgan fingerprint density at radius 2 is 1.88 bits per heavy atom. The molecule has 2 aromatic carbocycles. The second kappa shape index (κ2) is 10.5. The SMILES string of the molecule is O=C(Cc1cccc(C2CCCC(CC3=NC=CCC4=C3C=CC4)C2)c1)Cc1ccccc1F. The van der Waals surface area contributed by atoms with Crippen LogP contribution in [0.2, 0.25) is 0 Å². The number of halogens is 1. The van der Waals surface area contributed by atoms with E-state index in [1.54, 1.807) is 18.2 Å². The summed E-state index contributed by atoms with van der Waals surface area (Å²) in [4.78, 5) is 17.4. The summed E-state index contributed by atoms with van der Waals surface area (Å²) in [5.41, 5.74) is 6.99. The van der Waals surface area contributed by atoms with Gasteiger partial charge in [0, 0.05) is 24.8 Å². The third-order valence-corrected chi connectivity index (χ3v) is 7.47. The predicted molar refractivity (Wildman–Crippen MR) is 137 cm³/mol. The Bertz CT molecular complexity index is 1190. The Labute approximate surface area is 202 Å². The molecule has 174 valence electrons. The molecule has 2 nitrogen and oxygen atoms in total. The molecule has 3 heteroatoms. The smallest absolute Gasteiger partial charge is 0.141 e. The van der Waals surface area contributed by atoms with Gasteiger partial charge in [-0.25, -0.2) is 4.39 Å². The summed E-state index contributed by atoms with van der Waals surface area (Å²) in [5, 5.41) is 0. The van der Waals surface area contributed by atoms with Crippen LogP contribution in [0, 0.1) is 11.7 Å². The van der Waals surface area contributed by atoms with Crippen molar-refractivity contribution in [2.75, 3.05) is 0 Å². The molecule has 2 unspecified atom stereocenters. The standard InChI is InChI=1S/C31H32FNO/c32-30-15-2-1-9-27(30)21-28(34)19-22-7-3-11-25(17-22)26-12-4-8-23(18-26)20-31-29-14-5-10-24(29)13-6-16-33-31/h1-3,5-7,9,11,14-17,23,26H,4,8,10,12-13,18-21H2. The average Bonchev–Trinajstić information content (AvgIpc) is 3.23. The number of carbonyl (C=O) groups is 1. The van der Waals surface area contributed by atoms with Crippen molar-refractivity contribution in [3.63, 3.8) is 0 Å². The second-order valence-electron chi connectivity index (χ2n) is 9.95. The van der Waals surface area contributed by atoms with Gasteiger partial charge in [-0.05, 0) is 72.3 Å². The zero-order valence-corrected chi connectivity index (χ0v) is 19.7. The fraction of sp³-hybridized carbons (Fsp3) is 0.355. The summed E-state index contributed by atoms with van der Waals surface area (Å²) in [6, 6.07) is 15.1. The number of ketones is 1. The number of rotatable bonds is 7. The van der Waals surface area contributed by atoms with Crippen molar-refractivity contribution in [1.29, 1.82) is 0 Å². The molecule has 2 atom stereocenters. The van der Waals surface area contributed by atoms with Crippen molar-refractivity contribution in [2.24, 2.45) is 10.9 Å². The Morgan fingerprint density at radius 1 is 1.00 bits per heavy atom. The molecular formula is C31H32FNO. The molecule has 0 bridgehead atoms. The van der Waals surface area contributed by atoms with Crippen molar-refractivity contribution in [1.82, 2.24) is 0 Å². The van der Waals surface area contributed by atoms with Crippen molar-refractivity contribution < 1.29 is 9.18 Å². The van der Waals surface area contributed by atoms with E-state index in [2.05, 4.69) is 36.4 Å². The largest absolute Gasteiger partial charge is 0.299 e. The fourth-order valence-electron chi connectivity index (χ4n) is 5.76. The normalized spacial score (nSPS) is 21.9. The van der Waals surface area contributed by atoms with Crippen LogP contribution in [0.5, 0.6) is 0 Å². The van der Waals surface area contributed by atoms with E-state index in [1.165, 1.54) is 54.2 Å². The lowest BCUT2D eigenvalue weighted by atomic mass is 9.75. The Balaban J connectivity index is 1.23. The minimum absolute atomic E-state index is 0.0527. The van der Waals surface area contributed by atoms with Crippen molar-refractivity contribution in [3.05, 3.63) is 107 Å². The van der Waals surface area contributed by atoms with Crippen LogP contribution in [-0.2, 0) is 17.6 Å². The Hall–Kier alpha value is -3.07. The monoisotopic (exact) mass is 453 g/mol. The quantitative estimate of drug-likeness (QED) is 0.428. The molecule has 0 spiro atoms. The Morgan fingerprint density at radius 3 is 2.79 bits per heavy atom. The third-order valence-electron chi connectivity index (χ3n) is 7.47. The first-order chi connectivity index (χ1) is 16.7. The number of benzene rings is 2. The van der Waals surface area contributed by atoms with E-state index in [4.69, 9.17) is 4.99 Å². The summed E-state index contributed by atoms with van der Waals surface area (Å²) >= 11 is 0. The highest BCUT2D eigenvalue weighted by atomic mass is 19.1. The number of allylic oxidation sites excluding steroid dienone is 5. The highest BCUT2D eigenvalue weighted by Crippen LogP contribution is 2.39. The van der Waals surface area contributed by atoms with Gasteiger partial charge in [-0.15, -0.1) is 0 Å². The van der Waals surface area contributed by atoms with Crippen LogP contribution in [-0.4, -0.2) is 11.5 Å². The molecule has 3 aliphatic rings. The first-order valence-electron chi connectivity index (χ1n) is 12.6. The molecule has 0 aromatic heterocycles. The number of carbonyl (C=O) groups excluding carboxylic acids is 1. The molecule has 0 N–H and O–H groups in total. The molecule has 1 heterocycles. The highest BCUT2D eigenvalue weighted by Gasteiger charge is 2.26. The first-order valence-corrected chi connectivity index (χ1v) is 12.6. The van der Waals surface area contributed by atoms with Gasteiger partial charge in [0.1, 0.15) is 11.6 Å². The van der Waals surface area contributed by atoms with Gasteiger partial charge in [0.05, 0.1) is 0 Å². The number of hydrogen-bond donors (Lipinski definition) is 0. The minimum Gasteiger partial charge on any atom is -0.299 e. The van der Waals surface area contributed by atoms with Gasteiger partial charge in [0.15, 0.2) is 0 Å². The highest BCUT2D eigenvalue weighted by molar-refractivity contribution is 6.04. The number of aliphatic imine (C=N–C) groups is 1. The molecule has 34 heavy (non-hydrogen) atoms. The number of hydrogen-bond acceptors (Lipinski definition) is 2. The maximum atomic E-state index is 13.9. The molecule has 1 saturated carbocycles. The lowest BCUT2D eigenvalue weighted by Gasteiger charge is -2.30. The lowest BCUT2D eigenvalue weighted by molar-refractivity contribution is -0.117. The molecule has 1 aliphatic heterocycles. The van der Waals surface area contributed by atoms with E-state index < -0.39 is 0 Å². The van der Waals surface area contributed by atoms with Crippen LogP contribution >= 0.6 is 0 Å². The fourth-order valence-corrected chi connectivity index (χ4v) is 5.76. The lowest BCUT2D eigenvalue weighted by Crippen LogP contribution is -2.18. The van der Waals surface area contributed by atoms with Crippen molar-refractivity contribution >= 4 is 11.5 Å². The van der Waals surface area contributed by atoms with E-state index in [0.29, 0.717) is 23.8 Å². The minimum atomic E-state index is -0.303. The number of nitrogens with zero attached hydrogens (tertiary/aromatic N) is 1. The summed E-state index contributed by atoms with van der Waals surface area (Å²) in [5.74, 6) is 0.910. The van der Waals surface area contributed by atoms with Crippen molar-refractivity contribution in [3.8, 4) is 0 Å². The molecule has 0 amide bonds. The van der Waals surface area contributed by atoms with E-state index in [-0.39, 0.29) is 18.0 Å². The van der Waals surface area contributed by atoms with E-state index in [1.807, 2.05) is 12.3 Å². The molecule has 2 aliphatic carbocycles. The molecule has 2 aromatic rings. The van der Waals surface area contributed by atoms with Crippen LogP contribution in [0.1, 0.15) is 67.6 Å². The van der Waals surface area contributed by atoms with Crippen LogP contribution in [0.15, 0.2) is 89.1 Å². The molecule has 1 fully saturated rings. The second-order valence-corrected chi connectivity index (χ2v) is 9.95. The van der Waals surface area contributed by atoms with Gasteiger partial charge in [-0.1, -0.05) is 79.1 Å². The third kappa shape index (κ3) is 5.35. The first kappa shape index (κ1) is 22.7. The van der Waals surface area contributed by atoms with Crippen LogP contribution in [0.25, 0.3) is 0 Å². The number of Topliss-reactive ketones (excluding diaryl/α,β-unsaturated/α-hetero) is 1. The topological polar surface area (TPSA) is 29.4 Å². The molecule has 0 radical (unpaired) electrons. The molecule has 5 rings (SSSR count).